The Hall–Kier alpha value is -1.61. The number of nitrogens with one attached hydrogen (secondary N) is 1. The van der Waals surface area contributed by atoms with Crippen LogP contribution in [0.5, 0.6) is 0 Å². The third kappa shape index (κ3) is 4.94. The van der Waals surface area contributed by atoms with Crippen LogP contribution in [-0.2, 0) is 24.7 Å². The minimum atomic E-state index is -3.28. The fourth-order valence-corrected chi connectivity index (χ4v) is 4.83. The minimum Gasteiger partial charge on any atom is -0.326 e. The van der Waals surface area contributed by atoms with Gasteiger partial charge >= 0.3 is 0 Å². The van der Waals surface area contributed by atoms with Crippen LogP contribution >= 0.6 is 0 Å². The van der Waals surface area contributed by atoms with Crippen molar-refractivity contribution >= 4 is 37.1 Å². The van der Waals surface area contributed by atoms with Gasteiger partial charge in [-0.05, 0) is 43.5 Å². The Labute approximate surface area is 143 Å². The van der Waals surface area contributed by atoms with Gasteiger partial charge in [0.25, 0.3) is 0 Å². The first-order valence-electron chi connectivity index (χ1n) is 7.67. The van der Waals surface area contributed by atoms with Gasteiger partial charge in [-0.1, -0.05) is 0 Å². The summed E-state index contributed by atoms with van der Waals surface area (Å²) in [7, 11) is -6.47. The van der Waals surface area contributed by atoms with Crippen LogP contribution in [0.25, 0.3) is 0 Å². The van der Waals surface area contributed by atoms with Gasteiger partial charge in [0.1, 0.15) is 9.84 Å². The van der Waals surface area contributed by atoms with Crippen LogP contribution in [0.4, 0.5) is 11.4 Å². The van der Waals surface area contributed by atoms with Crippen LogP contribution in [0, 0.1) is 6.92 Å². The van der Waals surface area contributed by atoms with Crippen LogP contribution in [0.3, 0.4) is 0 Å². The summed E-state index contributed by atoms with van der Waals surface area (Å²) in [5, 5.41) is 2.63. The second-order valence-electron chi connectivity index (χ2n) is 6.02. The Morgan fingerprint density at radius 2 is 2.00 bits per heavy atom. The molecule has 24 heavy (non-hydrogen) atoms. The summed E-state index contributed by atoms with van der Waals surface area (Å²) in [5.41, 5.74) is 1.87. The Morgan fingerprint density at radius 3 is 2.58 bits per heavy atom. The molecule has 134 valence electrons. The monoisotopic (exact) mass is 374 g/mol. The summed E-state index contributed by atoms with van der Waals surface area (Å²) < 4.78 is 47.9. The average Bonchev–Trinajstić information content (AvgIpc) is 2.45. The Balaban J connectivity index is 2.11. The third-order valence-electron chi connectivity index (χ3n) is 3.80. The molecule has 9 heteroatoms. The SMILES string of the molecule is Cc1cc(NC(=O)CCS(C)(=O)=O)ccc1N1CCCCS1(=O)=O. The number of aryl methyl sites for hydroxylation is 1. The topological polar surface area (TPSA) is 101 Å². The van der Waals surface area contributed by atoms with E-state index in [0.29, 0.717) is 24.3 Å². The fraction of sp³-hybridized carbons (Fsp3) is 0.533. The largest absolute Gasteiger partial charge is 0.326 e. The zero-order chi connectivity index (χ0) is 18.0. The lowest BCUT2D eigenvalue weighted by Crippen LogP contribution is -2.38. The molecule has 0 saturated carbocycles. The molecule has 0 aromatic heterocycles. The van der Waals surface area contributed by atoms with Crippen molar-refractivity contribution in [3.05, 3.63) is 23.8 Å². The number of hydrogen-bond acceptors (Lipinski definition) is 5. The number of hydrogen-bond donors (Lipinski definition) is 1. The van der Waals surface area contributed by atoms with E-state index in [-0.39, 0.29) is 17.9 Å². The molecular weight excluding hydrogens is 352 g/mol. The van der Waals surface area contributed by atoms with Crippen LogP contribution in [0.1, 0.15) is 24.8 Å². The molecule has 1 aromatic carbocycles. The van der Waals surface area contributed by atoms with Crippen molar-refractivity contribution in [2.45, 2.75) is 26.2 Å². The number of anilines is 2. The molecule has 1 aliphatic rings. The molecule has 1 aromatic rings. The summed E-state index contributed by atoms with van der Waals surface area (Å²) in [6.07, 6.45) is 2.47. The van der Waals surface area contributed by atoms with Gasteiger partial charge in [-0.25, -0.2) is 16.8 Å². The first-order valence-corrected chi connectivity index (χ1v) is 11.3. The van der Waals surface area contributed by atoms with Crippen molar-refractivity contribution < 1.29 is 21.6 Å². The zero-order valence-electron chi connectivity index (χ0n) is 13.8. The lowest BCUT2D eigenvalue weighted by molar-refractivity contribution is -0.115. The van der Waals surface area contributed by atoms with Crippen LogP contribution < -0.4 is 9.62 Å². The lowest BCUT2D eigenvalue weighted by Gasteiger charge is -2.29. The van der Waals surface area contributed by atoms with Crippen molar-refractivity contribution in [3.8, 4) is 0 Å². The van der Waals surface area contributed by atoms with E-state index in [1.807, 2.05) is 0 Å². The Morgan fingerprint density at radius 1 is 1.29 bits per heavy atom. The summed E-state index contributed by atoms with van der Waals surface area (Å²) in [4.78, 5) is 11.8. The zero-order valence-corrected chi connectivity index (χ0v) is 15.4. The van der Waals surface area contributed by atoms with Crippen molar-refractivity contribution in [1.29, 1.82) is 0 Å². The Bertz CT molecular complexity index is 831. The molecule has 1 amide bonds. The summed E-state index contributed by atoms with van der Waals surface area (Å²) in [6.45, 7) is 2.24. The highest BCUT2D eigenvalue weighted by atomic mass is 32.2. The summed E-state index contributed by atoms with van der Waals surface area (Å²) in [6, 6.07) is 4.99. The minimum absolute atomic E-state index is 0.111. The molecule has 0 unspecified atom stereocenters. The number of amides is 1. The molecule has 0 atom stereocenters. The van der Waals surface area contributed by atoms with Gasteiger partial charge in [0, 0.05) is 24.9 Å². The standard InChI is InChI=1S/C15H22N2O5S2/c1-12-11-13(16-15(18)7-10-23(2,19)20)5-6-14(12)17-8-3-4-9-24(17,21)22/h5-6,11H,3-4,7-10H2,1-2H3,(H,16,18). The van der Waals surface area contributed by atoms with Crippen molar-refractivity contribution in [2.75, 3.05) is 33.9 Å². The second-order valence-corrected chi connectivity index (χ2v) is 10.3. The molecule has 0 radical (unpaired) electrons. The van der Waals surface area contributed by atoms with E-state index in [9.17, 15) is 21.6 Å². The predicted molar refractivity (Wildman–Crippen MR) is 94.5 cm³/mol. The number of nitrogens with zero attached hydrogens (tertiary/aromatic N) is 1. The molecule has 0 spiro atoms. The van der Waals surface area contributed by atoms with Crippen LogP contribution in [-0.4, -0.2) is 47.0 Å². The molecule has 1 saturated heterocycles. The lowest BCUT2D eigenvalue weighted by atomic mass is 10.1. The van der Waals surface area contributed by atoms with E-state index >= 15 is 0 Å². The van der Waals surface area contributed by atoms with Gasteiger partial charge in [0.15, 0.2) is 0 Å². The van der Waals surface area contributed by atoms with Gasteiger partial charge in [0.05, 0.1) is 17.2 Å². The highest BCUT2D eigenvalue weighted by molar-refractivity contribution is 7.92. The summed E-state index contributed by atoms with van der Waals surface area (Å²) in [5.74, 6) is -0.448. The third-order valence-corrected chi connectivity index (χ3v) is 6.60. The molecule has 0 aliphatic carbocycles. The predicted octanol–water partition coefficient (Wildman–Crippen LogP) is 1.30. The number of sulfone groups is 1. The maximum Gasteiger partial charge on any atom is 0.235 e. The molecule has 1 fully saturated rings. The van der Waals surface area contributed by atoms with E-state index in [4.69, 9.17) is 0 Å². The maximum absolute atomic E-state index is 12.2. The summed E-state index contributed by atoms with van der Waals surface area (Å²) >= 11 is 0. The van der Waals surface area contributed by atoms with E-state index in [1.54, 1.807) is 25.1 Å². The molecule has 7 nitrogen and oxygen atoms in total. The number of rotatable bonds is 5. The Kier molecular flexibility index (Phi) is 5.54. The molecule has 2 rings (SSSR count). The molecule has 0 bridgehead atoms. The number of carbonyl (C=O) groups excluding carboxylic acids is 1. The maximum atomic E-state index is 12.2. The first kappa shape index (κ1) is 18.7. The highest BCUT2D eigenvalue weighted by Gasteiger charge is 2.27. The first-order chi connectivity index (χ1) is 11.1. The quantitative estimate of drug-likeness (QED) is 0.837. The van der Waals surface area contributed by atoms with E-state index in [1.165, 1.54) is 4.31 Å². The van der Waals surface area contributed by atoms with Crippen LogP contribution in [0.2, 0.25) is 0 Å². The number of sulfonamides is 1. The van der Waals surface area contributed by atoms with Crippen molar-refractivity contribution in [3.63, 3.8) is 0 Å². The van der Waals surface area contributed by atoms with Gasteiger partial charge < -0.3 is 5.32 Å². The van der Waals surface area contributed by atoms with E-state index < -0.39 is 25.8 Å². The van der Waals surface area contributed by atoms with E-state index in [2.05, 4.69) is 5.32 Å². The highest BCUT2D eigenvalue weighted by Crippen LogP contribution is 2.28. The van der Waals surface area contributed by atoms with Gasteiger partial charge in [-0.3, -0.25) is 9.10 Å². The number of carbonyl (C=O) groups is 1. The normalized spacial score (nSPS) is 17.5. The fourth-order valence-electron chi connectivity index (χ4n) is 2.57. The average molecular weight is 374 g/mol. The van der Waals surface area contributed by atoms with Crippen LogP contribution in [0.15, 0.2) is 18.2 Å². The smallest absolute Gasteiger partial charge is 0.235 e. The van der Waals surface area contributed by atoms with Gasteiger partial charge in [-0.2, -0.15) is 0 Å². The van der Waals surface area contributed by atoms with Crippen molar-refractivity contribution in [2.24, 2.45) is 0 Å². The molecule has 1 heterocycles. The molecular formula is C15H22N2O5S2. The van der Waals surface area contributed by atoms with E-state index in [0.717, 1.165) is 18.2 Å². The molecule has 1 aliphatic heterocycles. The number of benzene rings is 1. The second kappa shape index (κ2) is 7.10. The van der Waals surface area contributed by atoms with Crippen molar-refractivity contribution in [1.82, 2.24) is 0 Å². The van der Waals surface area contributed by atoms with Gasteiger partial charge in [-0.15, -0.1) is 0 Å². The molecule has 1 N–H and O–H groups in total. The van der Waals surface area contributed by atoms with Gasteiger partial charge in [0.2, 0.25) is 15.9 Å².